The number of thiophene rings is 1. The average Bonchev–Trinajstić information content (AvgIpc) is 3.43. The summed E-state index contributed by atoms with van der Waals surface area (Å²) in [7, 11) is 0. The van der Waals surface area contributed by atoms with Crippen molar-refractivity contribution in [3.63, 3.8) is 0 Å². The molecular weight excluding hydrogens is 519 g/mol. The highest BCUT2D eigenvalue weighted by Crippen LogP contribution is 2.30. The first-order chi connectivity index (χ1) is 14.7. The highest BCUT2D eigenvalue weighted by molar-refractivity contribution is 14.0. The Morgan fingerprint density at radius 2 is 1.94 bits per heavy atom. The van der Waals surface area contributed by atoms with E-state index in [1.807, 2.05) is 12.1 Å². The second kappa shape index (κ2) is 11.7. The van der Waals surface area contributed by atoms with Crippen molar-refractivity contribution in [1.29, 1.82) is 0 Å². The minimum absolute atomic E-state index is 0. The largest absolute Gasteiger partial charge is 0.386 e. The molecule has 0 radical (unpaired) electrons. The summed E-state index contributed by atoms with van der Waals surface area (Å²) in [6.45, 7) is 6.24. The molecule has 4 rings (SSSR count). The van der Waals surface area contributed by atoms with Gasteiger partial charge < -0.3 is 20.6 Å². The topological polar surface area (TPSA) is 59.9 Å². The number of halogens is 1. The fourth-order valence-corrected chi connectivity index (χ4v) is 4.93. The maximum Gasteiger partial charge on any atom is 0.191 e. The van der Waals surface area contributed by atoms with E-state index in [-0.39, 0.29) is 24.0 Å². The van der Waals surface area contributed by atoms with E-state index < -0.39 is 6.10 Å². The van der Waals surface area contributed by atoms with Crippen molar-refractivity contribution in [3.05, 3.63) is 65.5 Å². The number of guanidine groups is 1. The van der Waals surface area contributed by atoms with Gasteiger partial charge in [0, 0.05) is 41.4 Å². The van der Waals surface area contributed by atoms with Gasteiger partial charge in [-0.05, 0) is 48.9 Å². The van der Waals surface area contributed by atoms with E-state index in [0.717, 1.165) is 37.0 Å². The smallest absolute Gasteiger partial charge is 0.191 e. The number of nitrogens with one attached hydrogen (secondary N) is 2. The predicted octanol–water partition coefficient (Wildman–Crippen LogP) is 4.63. The molecule has 0 amide bonds. The molecule has 166 valence electrons. The maximum atomic E-state index is 10.6. The third-order valence-electron chi connectivity index (χ3n) is 5.50. The zero-order chi connectivity index (χ0) is 20.8. The Morgan fingerprint density at radius 1 is 1.16 bits per heavy atom. The summed E-state index contributed by atoms with van der Waals surface area (Å²) in [5.41, 5.74) is 1.30. The second-order valence-electron chi connectivity index (χ2n) is 7.74. The van der Waals surface area contributed by atoms with Crippen LogP contribution in [-0.4, -0.2) is 43.8 Å². The molecule has 31 heavy (non-hydrogen) atoms. The molecule has 7 heteroatoms. The first-order valence-corrected chi connectivity index (χ1v) is 11.5. The lowest BCUT2D eigenvalue weighted by Gasteiger charge is -2.19. The van der Waals surface area contributed by atoms with Gasteiger partial charge in [0.15, 0.2) is 5.96 Å². The zero-order valence-electron chi connectivity index (χ0n) is 17.8. The molecule has 1 aromatic heterocycles. The van der Waals surface area contributed by atoms with Gasteiger partial charge in [-0.3, -0.25) is 4.99 Å². The lowest BCUT2D eigenvalue weighted by Crippen LogP contribution is -2.40. The molecule has 0 saturated carbocycles. The predicted molar refractivity (Wildman–Crippen MR) is 143 cm³/mol. The van der Waals surface area contributed by atoms with Crippen molar-refractivity contribution in [1.82, 2.24) is 10.6 Å². The van der Waals surface area contributed by atoms with Gasteiger partial charge in [0.05, 0.1) is 6.54 Å². The molecule has 2 aromatic carbocycles. The van der Waals surface area contributed by atoms with Crippen LogP contribution < -0.4 is 15.5 Å². The third kappa shape index (κ3) is 6.33. The number of benzene rings is 2. The highest BCUT2D eigenvalue weighted by Gasteiger charge is 2.22. The van der Waals surface area contributed by atoms with Crippen LogP contribution in [0, 0.1) is 5.92 Å². The molecule has 0 aliphatic carbocycles. The minimum atomic E-state index is -0.585. The Balaban J connectivity index is 0.00000272. The van der Waals surface area contributed by atoms with Crippen molar-refractivity contribution in [2.45, 2.75) is 19.4 Å². The SMILES string of the molecule is CCNC(=NCC(O)c1cc2ccccc2s1)NCC1CCN(c2ccccc2)C1.I. The van der Waals surface area contributed by atoms with E-state index in [1.54, 1.807) is 11.3 Å². The van der Waals surface area contributed by atoms with Crippen molar-refractivity contribution in [2.75, 3.05) is 37.6 Å². The van der Waals surface area contributed by atoms with Crippen LogP contribution in [0.15, 0.2) is 65.7 Å². The molecule has 0 bridgehead atoms. The Labute approximate surface area is 205 Å². The maximum absolute atomic E-state index is 10.6. The van der Waals surface area contributed by atoms with E-state index in [1.165, 1.54) is 22.2 Å². The summed E-state index contributed by atoms with van der Waals surface area (Å²) in [4.78, 5) is 8.04. The van der Waals surface area contributed by atoms with Gasteiger partial charge >= 0.3 is 0 Å². The fourth-order valence-electron chi connectivity index (χ4n) is 3.89. The number of aliphatic hydroxyl groups excluding tert-OH is 1. The van der Waals surface area contributed by atoms with Gasteiger partial charge in [-0.25, -0.2) is 0 Å². The molecule has 0 spiro atoms. The minimum Gasteiger partial charge on any atom is -0.386 e. The summed E-state index contributed by atoms with van der Waals surface area (Å²) >= 11 is 1.64. The van der Waals surface area contributed by atoms with Crippen LogP contribution in [0.3, 0.4) is 0 Å². The molecule has 5 nitrogen and oxygen atoms in total. The Morgan fingerprint density at radius 3 is 2.71 bits per heavy atom. The molecule has 2 heterocycles. The van der Waals surface area contributed by atoms with Gasteiger partial charge in [-0.15, -0.1) is 35.3 Å². The van der Waals surface area contributed by atoms with Crippen LogP contribution in [0.25, 0.3) is 10.1 Å². The zero-order valence-corrected chi connectivity index (χ0v) is 21.0. The number of aliphatic imine (C=N–C) groups is 1. The van der Waals surface area contributed by atoms with Gasteiger partial charge in [0.25, 0.3) is 0 Å². The fraction of sp³-hybridized carbons (Fsp3) is 0.375. The Kier molecular flexibility index (Phi) is 8.98. The summed E-state index contributed by atoms with van der Waals surface area (Å²) < 4.78 is 1.20. The molecule has 1 aliphatic rings. The van der Waals surface area contributed by atoms with Gasteiger partial charge in [-0.1, -0.05) is 36.4 Å². The molecular formula is C24H31IN4OS. The van der Waals surface area contributed by atoms with Gasteiger partial charge in [0.1, 0.15) is 6.10 Å². The third-order valence-corrected chi connectivity index (χ3v) is 6.72. The lowest BCUT2D eigenvalue weighted by atomic mass is 10.1. The summed E-state index contributed by atoms with van der Waals surface area (Å²) in [5, 5.41) is 18.6. The van der Waals surface area contributed by atoms with Crippen molar-refractivity contribution in [2.24, 2.45) is 10.9 Å². The molecule has 2 unspecified atom stereocenters. The second-order valence-corrected chi connectivity index (χ2v) is 8.85. The summed E-state index contributed by atoms with van der Waals surface area (Å²) in [6.07, 6.45) is 0.587. The van der Waals surface area contributed by atoms with Crippen molar-refractivity contribution < 1.29 is 5.11 Å². The Bertz CT molecular complexity index is 945. The molecule has 3 aromatic rings. The first-order valence-electron chi connectivity index (χ1n) is 10.7. The number of rotatable bonds is 7. The number of fused-ring (bicyclic) bond motifs is 1. The number of hydrogen-bond donors (Lipinski definition) is 3. The van der Waals surface area contributed by atoms with E-state index in [0.29, 0.717) is 12.5 Å². The van der Waals surface area contributed by atoms with Crippen molar-refractivity contribution >= 4 is 57.0 Å². The Hall–Kier alpha value is -1.84. The van der Waals surface area contributed by atoms with E-state index in [9.17, 15) is 5.11 Å². The molecule has 1 fully saturated rings. The first kappa shape index (κ1) is 23.8. The number of aliphatic hydroxyl groups is 1. The van der Waals surface area contributed by atoms with Crippen LogP contribution in [0.5, 0.6) is 0 Å². The lowest BCUT2D eigenvalue weighted by molar-refractivity contribution is 0.191. The van der Waals surface area contributed by atoms with Crippen LogP contribution in [-0.2, 0) is 0 Å². The number of anilines is 1. The normalized spacial score (nSPS) is 17.4. The number of para-hydroxylation sites is 1. The van der Waals surface area contributed by atoms with Gasteiger partial charge in [0.2, 0.25) is 0 Å². The molecule has 1 aliphatic heterocycles. The van der Waals surface area contributed by atoms with Crippen LogP contribution in [0.1, 0.15) is 24.3 Å². The van der Waals surface area contributed by atoms with Crippen LogP contribution in [0.4, 0.5) is 5.69 Å². The molecule has 3 N–H and O–H groups in total. The van der Waals surface area contributed by atoms with Gasteiger partial charge in [-0.2, -0.15) is 0 Å². The number of nitrogens with zero attached hydrogens (tertiary/aromatic N) is 2. The molecule has 2 atom stereocenters. The quantitative estimate of drug-likeness (QED) is 0.228. The van der Waals surface area contributed by atoms with E-state index >= 15 is 0 Å². The van der Waals surface area contributed by atoms with Crippen LogP contribution in [0.2, 0.25) is 0 Å². The average molecular weight is 551 g/mol. The van der Waals surface area contributed by atoms with Crippen molar-refractivity contribution in [3.8, 4) is 0 Å². The highest BCUT2D eigenvalue weighted by atomic mass is 127. The van der Waals surface area contributed by atoms with Crippen LogP contribution >= 0.6 is 35.3 Å². The van der Waals surface area contributed by atoms with E-state index in [4.69, 9.17) is 0 Å². The standard InChI is InChI=1S/C24H30N4OS.HI/c1-2-25-24(26-15-18-12-13-28(17-18)20-9-4-3-5-10-20)27-16-21(29)23-14-19-8-6-7-11-22(19)30-23;/h3-11,14,18,21,29H,2,12-13,15-17H2,1H3,(H2,25,26,27);1H. The van der Waals surface area contributed by atoms with E-state index in [2.05, 4.69) is 76.0 Å². The summed E-state index contributed by atoms with van der Waals surface area (Å²) in [6, 6.07) is 20.9. The molecule has 1 saturated heterocycles. The summed E-state index contributed by atoms with van der Waals surface area (Å²) in [5.74, 6) is 1.36. The monoisotopic (exact) mass is 550 g/mol. The number of hydrogen-bond acceptors (Lipinski definition) is 4.